The molecule has 0 aromatic heterocycles. The monoisotopic (exact) mass is 92.0 g/mol. The molecule has 0 spiro atoms. The summed E-state index contributed by atoms with van der Waals surface area (Å²) in [6.45, 7) is -3.01. The van der Waals surface area contributed by atoms with Crippen LogP contribution in [-0.4, -0.2) is 16.9 Å². The molecule has 0 aliphatic heterocycles. The number of Topliss-reactive ketones (excluding diaryl/α,β-unsaturated/α-hetero) is 1. The summed E-state index contributed by atoms with van der Waals surface area (Å²) in [7, 11) is 0. The molecule has 6 heavy (non-hydrogen) atoms. The van der Waals surface area contributed by atoms with Crippen LogP contribution in [0.1, 0.15) is 11.0 Å². The lowest BCUT2D eigenvalue weighted by Crippen LogP contribution is -2.05. The first-order chi connectivity index (χ1) is 3.85. The van der Waals surface area contributed by atoms with Crippen molar-refractivity contribution in [1.82, 2.24) is 0 Å². The maximum absolute atomic E-state index is 10.0. The molecule has 0 aromatic carbocycles. The van der Waals surface area contributed by atoms with Crippen molar-refractivity contribution in [2.45, 2.75) is 6.85 Å². The van der Waals surface area contributed by atoms with Crippen LogP contribution in [0.25, 0.3) is 0 Å². The molecule has 3 nitrogen and oxygen atoms in total. The average Bonchev–Trinajstić information content (AvgIpc) is 1.62. The van der Waals surface area contributed by atoms with Crippen LogP contribution in [0.4, 0.5) is 0 Å². The predicted octanol–water partition coefficient (Wildman–Crippen LogP) is -0.340. The summed E-state index contributed by atoms with van der Waals surface area (Å²) in [6, 6.07) is 0. The van der Waals surface area contributed by atoms with Gasteiger partial charge in [0.1, 0.15) is 0 Å². The van der Waals surface area contributed by atoms with Gasteiger partial charge in [0.15, 0.2) is 0 Å². The Bertz CT molecular complexity index is 147. The summed E-state index contributed by atoms with van der Waals surface area (Å²) < 4.78 is 18.8. The Morgan fingerprint density at radius 3 is 2.33 bits per heavy atom. The second-order valence-electron chi connectivity index (χ2n) is 0.634. The van der Waals surface area contributed by atoms with E-state index in [2.05, 4.69) is 0 Å². The highest BCUT2D eigenvalue weighted by Crippen LogP contribution is 1.61. The van der Waals surface area contributed by atoms with E-state index >= 15 is 0 Å². The molecule has 0 aliphatic carbocycles. The maximum atomic E-state index is 10.0. The molecule has 0 saturated carbocycles. The van der Waals surface area contributed by atoms with Crippen molar-refractivity contribution in [2.24, 2.45) is 0 Å². The molecular weight excluding hydrogens is 85.0 g/mol. The fraction of sp³-hybridized carbons (Fsp3) is 0.333. The van der Waals surface area contributed by atoms with Crippen molar-refractivity contribution in [3.05, 3.63) is 0 Å². The Balaban J connectivity index is 4.23. The van der Waals surface area contributed by atoms with Crippen molar-refractivity contribution < 1.29 is 18.8 Å². The molecule has 0 rings (SSSR count). The predicted molar refractivity (Wildman–Crippen MR) is 18.3 cm³/mol. The normalized spacial score (nSPS) is 17.0. The number of aliphatic carboxylic acids is 1. The van der Waals surface area contributed by atoms with Crippen LogP contribution < -0.4 is 0 Å². The van der Waals surface area contributed by atoms with Crippen LogP contribution in [0.3, 0.4) is 0 Å². The quantitative estimate of drug-likeness (QED) is 0.355. The van der Waals surface area contributed by atoms with Gasteiger partial charge in [-0.15, -0.1) is 0 Å². The second kappa shape index (κ2) is 1.55. The molecule has 0 amide bonds. The van der Waals surface area contributed by atoms with Gasteiger partial charge in [0.2, 0.25) is 5.78 Å². The van der Waals surface area contributed by atoms with Gasteiger partial charge in [-0.2, -0.15) is 0 Å². The molecule has 0 atom stereocenters. The zero-order valence-electron chi connectivity index (χ0n) is 5.76. The zero-order valence-corrected chi connectivity index (χ0v) is 2.76. The van der Waals surface area contributed by atoms with Gasteiger partial charge >= 0.3 is 5.97 Å². The first-order valence-corrected chi connectivity index (χ1v) is 1.13. The minimum atomic E-state index is -3.01. The number of carboxylic acids is 1. The standard InChI is InChI=1S/C3H4O3/c1-2(4)3(5)6/h1H3,(H,5,6)/i1+1D3. The minimum absolute atomic E-state index is 1.75. The van der Waals surface area contributed by atoms with E-state index in [0.29, 0.717) is 0 Å². The largest absolute Gasteiger partial charge is 0.476 e. The van der Waals surface area contributed by atoms with Gasteiger partial charge < -0.3 is 5.11 Å². The number of carbonyl (C=O) groups excluding carboxylic acids is 1. The van der Waals surface area contributed by atoms with Crippen LogP contribution in [-0.2, 0) is 9.59 Å². The number of hydrogen-bond acceptors (Lipinski definition) is 2. The van der Waals surface area contributed by atoms with Gasteiger partial charge in [0.25, 0.3) is 0 Å². The summed E-state index contributed by atoms with van der Waals surface area (Å²) in [6.07, 6.45) is 0. The molecule has 3 heteroatoms. The number of ketones is 1. The fourth-order valence-corrected chi connectivity index (χ4v) is 0. The van der Waals surface area contributed by atoms with Crippen molar-refractivity contribution in [1.29, 1.82) is 0 Å². The van der Waals surface area contributed by atoms with Crippen molar-refractivity contribution in [3.63, 3.8) is 0 Å². The van der Waals surface area contributed by atoms with Crippen molar-refractivity contribution >= 4 is 11.8 Å². The van der Waals surface area contributed by atoms with Crippen LogP contribution in [0, 0.1) is 0 Å². The first-order valence-electron chi connectivity index (χ1n) is 2.63. The highest BCUT2D eigenvalue weighted by molar-refractivity contribution is 6.31. The van der Waals surface area contributed by atoms with E-state index in [1.54, 1.807) is 0 Å². The molecule has 0 radical (unpaired) electrons. The SMILES string of the molecule is [2H][13C]([2H])([2H])C(=O)C(=O)O. The molecule has 0 saturated heterocycles. The Hall–Kier alpha value is -0.860. The highest BCUT2D eigenvalue weighted by Gasteiger charge is 1.98. The van der Waals surface area contributed by atoms with E-state index in [4.69, 9.17) is 9.22 Å². The average molecular weight is 92.1 g/mol. The molecule has 0 heterocycles. The molecule has 0 aromatic rings. The molecule has 34 valence electrons. The summed E-state index contributed by atoms with van der Waals surface area (Å²) in [4.78, 5) is 19.6. The van der Waals surface area contributed by atoms with E-state index in [9.17, 15) is 9.59 Å². The zero-order chi connectivity index (χ0) is 7.65. The van der Waals surface area contributed by atoms with Crippen LogP contribution in [0.2, 0.25) is 0 Å². The van der Waals surface area contributed by atoms with Crippen LogP contribution in [0.15, 0.2) is 0 Å². The van der Waals surface area contributed by atoms with Gasteiger partial charge in [-0.25, -0.2) is 4.79 Å². The van der Waals surface area contributed by atoms with Gasteiger partial charge in [-0.3, -0.25) is 4.79 Å². The van der Waals surface area contributed by atoms with E-state index < -0.39 is 18.6 Å². The topological polar surface area (TPSA) is 54.4 Å². The number of carboxylic acid groups (broad SMARTS) is 1. The lowest BCUT2D eigenvalue weighted by Gasteiger charge is -1.73. The molecular formula is C3H4O3. The fourth-order valence-electron chi connectivity index (χ4n) is 0. The maximum Gasteiger partial charge on any atom is 0.371 e. The van der Waals surface area contributed by atoms with Crippen molar-refractivity contribution in [2.75, 3.05) is 0 Å². The van der Waals surface area contributed by atoms with Crippen LogP contribution in [0.5, 0.6) is 0 Å². The van der Waals surface area contributed by atoms with Crippen LogP contribution >= 0.6 is 0 Å². The molecule has 0 fully saturated rings. The first kappa shape index (κ1) is 1.73. The van der Waals surface area contributed by atoms with Gasteiger partial charge in [-0.05, 0) is 0 Å². The molecule has 0 aliphatic rings. The van der Waals surface area contributed by atoms with Gasteiger partial charge in [0, 0.05) is 11.0 Å². The summed E-state index contributed by atoms with van der Waals surface area (Å²) in [5, 5.41) is 7.81. The molecule has 1 N–H and O–H groups in total. The number of carbonyl (C=O) groups is 2. The van der Waals surface area contributed by atoms with Gasteiger partial charge in [-0.1, -0.05) is 0 Å². The lowest BCUT2D eigenvalue weighted by molar-refractivity contribution is -0.148. The summed E-state index contributed by atoms with van der Waals surface area (Å²) in [5.74, 6) is -3.67. The van der Waals surface area contributed by atoms with Crippen molar-refractivity contribution in [3.8, 4) is 0 Å². The third-order valence-corrected chi connectivity index (χ3v) is 0.194. The Labute approximate surface area is 38.8 Å². The summed E-state index contributed by atoms with van der Waals surface area (Å²) >= 11 is 0. The van der Waals surface area contributed by atoms with E-state index in [1.165, 1.54) is 0 Å². The number of rotatable bonds is 1. The molecule has 0 unspecified atom stereocenters. The van der Waals surface area contributed by atoms with Gasteiger partial charge in [0.05, 0.1) is 0 Å². The third kappa shape index (κ3) is 1.46. The van der Waals surface area contributed by atoms with E-state index in [1.807, 2.05) is 0 Å². The highest BCUT2D eigenvalue weighted by atomic mass is 16.4. The Kier molecular flexibility index (Phi) is 0.445. The molecule has 0 bridgehead atoms. The van der Waals surface area contributed by atoms with E-state index in [0.717, 1.165) is 0 Å². The summed E-state index contributed by atoms with van der Waals surface area (Å²) in [5.41, 5.74) is 0. The minimum Gasteiger partial charge on any atom is -0.476 e. The third-order valence-electron chi connectivity index (χ3n) is 0.194. The number of hydrogen-bond donors (Lipinski definition) is 1. The Morgan fingerprint density at radius 1 is 1.83 bits per heavy atom. The lowest BCUT2D eigenvalue weighted by atomic mass is 10.6. The Morgan fingerprint density at radius 2 is 2.33 bits per heavy atom. The van der Waals surface area contributed by atoms with E-state index in [-0.39, 0.29) is 0 Å². The smallest absolute Gasteiger partial charge is 0.371 e. The second-order valence-corrected chi connectivity index (χ2v) is 0.634.